The molecule has 0 spiro atoms. The molecule has 0 bridgehead atoms. The van der Waals surface area contributed by atoms with Crippen molar-refractivity contribution in [2.75, 3.05) is 13.2 Å². The maximum Gasteiger partial charge on any atom is 0.494 e. The Bertz CT molecular complexity index is 513. The van der Waals surface area contributed by atoms with Gasteiger partial charge < -0.3 is 9.31 Å². The first-order valence-corrected chi connectivity index (χ1v) is 5.58. The van der Waals surface area contributed by atoms with Gasteiger partial charge in [-0.25, -0.2) is 0 Å². The molecule has 0 saturated carbocycles. The Balaban J connectivity index is 2.23. The highest BCUT2D eigenvalue weighted by atomic mass is 16.6. The molecular formula is C13H13BO2. The Kier molecular flexibility index (Phi) is 2.42. The van der Waals surface area contributed by atoms with Gasteiger partial charge in [-0.15, -0.1) is 0 Å². The van der Waals surface area contributed by atoms with Crippen LogP contribution in [-0.2, 0) is 9.31 Å². The summed E-state index contributed by atoms with van der Waals surface area (Å²) in [5.74, 6) is 0. The molecule has 0 aromatic heterocycles. The van der Waals surface area contributed by atoms with Crippen LogP contribution in [0.4, 0.5) is 0 Å². The summed E-state index contributed by atoms with van der Waals surface area (Å²) in [6.45, 7) is 3.50. The van der Waals surface area contributed by atoms with Crippen LogP contribution < -0.4 is 5.46 Å². The van der Waals surface area contributed by atoms with Crippen LogP contribution in [0.3, 0.4) is 0 Å². The Morgan fingerprint density at radius 1 is 1.00 bits per heavy atom. The van der Waals surface area contributed by atoms with Crippen LogP contribution in [0.25, 0.3) is 10.8 Å². The predicted molar refractivity (Wildman–Crippen MR) is 66.0 cm³/mol. The third-order valence-corrected chi connectivity index (χ3v) is 3.02. The summed E-state index contributed by atoms with van der Waals surface area (Å²) in [5, 5.41) is 2.51. The predicted octanol–water partition coefficient (Wildman–Crippen LogP) is 1.89. The molecule has 2 nitrogen and oxygen atoms in total. The molecule has 1 saturated heterocycles. The Hall–Kier alpha value is -1.32. The second kappa shape index (κ2) is 3.93. The topological polar surface area (TPSA) is 18.5 Å². The molecule has 1 fully saturated rings. The molecule has 80 valence electrons. The Morgan fingerprint density at radius 2 is 1.69 bits per heavy atom. The smallest absolute Gasteiger partial charge is 0.405 e. The quantitative estimate of drug-likeness (QED) is 0.672. The molecule has 0 radical (unpaired) electrons. The Labute approximate surface area is 95.3 Å². The van der Waals surface area contributed by atoms with Gasteiger partial charge in [0.2, 0.25) is 0 Å². The lowest BCUT2D eigenvalue weighted by Gasteiger charge is -2.10. The van der Waals surface area contributed by atoms with Crippen molar-refractivity contribution in [1.82, 2.24) is 0 Å². The minimum Gasteiger partial charge on any atom is -0.405 e. The highest BCUT2D eigenvalue weighted by molar-refractivity contribution is 6.64. The highest BCUT2D eigenvalue weighted by Crippen LogP contribution is 2.17. The molecule has 1 aliphatic rings. The number of aryl methyl sites for hydroxylation is 1. The van der Waals surface area contributed by atoms with Gasteiger partial charge in [-0.3, -0.25) is 0 Å². The average molecular weight is 212 g/mol. The first-order valence-electron chi connectivity index (χ1n) is 5.58. The largest absolute Gasteiger partial charge is 0.494 e. The van der Waals surface area contributed by atoms with Gasteiger partial charge in [0.15, 0.2) is 0 Å². The van der Waals surface area contributed by atoms with Gasteiger partial charge >= 0.3 is 7.12 Å². The van der Waals surface area contributed by atoms with E-state index >= 15 is 0 Å². The van der Waals surface area contributed by atoms with Crippen LogP contribution in [-0.4, -0.2) is 20.3 Å². The zero-order valence-electron chi connectivity index (χ0n) is 9.27. The van der Waals surface area contributed by atoms with Crippen molar-refractivity contribution in [2.45, 2.75) is 6.92 Å². The summed E-state index contributed by atoms with van der Waals surface area (Å²) < 4.78 is 11.2. The number of rotatable bonds is 1. The summed E-state index contributed by atoms with van der Waals surface area (Å²) >= 11 is 0. The van der Waals surface area contributed by atoms with E-state index in [-0.39, 0.29) is 7.12 Å². The van der Waals surface area contributed by atoms with Crippen molar-refractivity contribution >= 4 is 23.4 Å². The zero-order chi connectivity index (χ0) is 11.0. The van der Waals surface area contributed by atoms with Crippen molar-refractivity contribution in [1.29, 1.82) is 0 Å². The van der Waals surface area contributed by atoms with Crippen molar-refractivity contribution in [3.8, 4) is 0 Å². The SMILES string of the molecule is Cc1cccc2cccc(B3OCCO3)c12. The maximum absolute atomic E-state index is 5.58. The van der Waals surface area contributed by atoms with E-state index in [2.05, 4.69) is 43.3 Å². The van der Waals surface area contributed by atoms with Crippen molar-refractivity contribution < 1.29 is 9.31 Å². The molecular weight excluding hydrogens is 199 g/mol. The molecule has 1 aliphatic heterocycles. The number of hydrogen-bond acceptors (Lipinski definition) is 2. The van der Waals surface area contributed by atoms with Gasteiger partial charge in [-0.2, -0.15) is 0 Å². The van der Waals surface area contributed by atoms with E-state index in [1.165, 1.54) is 16.3 Å². The first-order chi connectivity index (χ1) is 7.86. The maximum atomic E-state index is 5.58. The molecule has 3 heteroatoms. The molecule has 0 atom stereocenters. The minimum atomic E-state index is -0.190. The summed E-state index contributed by atoms with van der Waals surface area (Å²) in [6, 6.07) is 12.6. The summed E-state index contributed by atoms with van der Waals surface area (Å²) in [6.07, 6.45) is 0. The van der Waals surface area contributed by atoms with Gasteiger partial charge in [0.05, 0.1) is 13.2 Å². The van der Waals surface area contributed by atoms with Crippen LogP contribution in [0.5, 0.6) is 0 Å². The van der Waals surface area contributed by atoms with E-state index in [4.69, 9.17) is 9.31 Å². The van der Waals surface area contributed by atoms with Crippen LogP contribution in [0.15, 0.2) is 36.4 Å². The van der Waals surface area contributed by atoms with Crippen LogP contribution in [0, 0.1) is 6.92 Å². The second-order valence-corrected chi connectivity index (χ2v) is 4.09. The monoisotopic (exact) mass is 212 g/mol. The zero-order valence-corrected chi connectivity index (χ0v) is 9.27. The lowest BCUT2D eigenvalue weighted by molar-refractivity contribution is 0.365. The summed E-state index contributed by atoms with van der Waals surface area (Å²) in [5.41, 5.74) is 2.42. The third-order valence-electron chi connectivity index (χ3n) is 3.02. The van der Waals surface area contributed by atoms with Crippen LogP contribution in [0.1, 0.15) is 5.56 Å². The minimum absolute atomic E-state index is 0.190. The van der Waals surface area contributed by atoms with E-state index in [9.17, 15) is 0 Å². The molecule has 0 aliphatic carbocycles. The van der Waals surface area contributed by atoms with E-state index in [1.807, 2.05) is 0 Å². The fourth-order valence-electron chi connectivity index (χ4n) is 2.30. The van der Waals surface area contributed by atoms with E-state index in [0.29, 0.717) is 13.2 Å². The molecule has 2 aromatic rings. The van der Waals surface area contributed by atoms with Crippen molar-refractivity contribution in [3.63, 3.8) is 0 Å². The van der Waals surface area contributed by atoms with Gasteiger partial charge in [0.25, 0.3) is 0 Å². The number of benzene rings is 2. The standard InChI is InChI=1S/C13H13BO2/c1-10-4-2-5-11-6-3-7-12(13(10)11)14-15-8-9-16-14/h2-7H,8-9H2,1H3. The fourth-order valence-corrected chi connectivity index (χ4v) is 2.30. The first kappa shape index (κ1) is 9.88. The molecule has 1 heterocycles. The summed E-state index contributed by atoms with van der Waals surface area (Å²) in [7, 11) is -0.190. The summed E-state index contributed by atoms with van der Waals surface area (Å²) in [4.78, 5) is 0. The van der Waals surface area contributed by atoms with E-state index < -0.39 is 0 Å². The highest BCUT2D eigenvalue weighted by Gasteiger charge is 2.28. The lowest BCUT2D eigenvalue weighted by Crippen LogP contribution is -2.32. The van der Waals surface area contributed by atoms with Crippen LogP contribution >= 0.6 is 0 Å². The molecule has 16 heavy (non-hydrogen) atoms. The molecule has 0 unspecified atom stereocenters. The van der Waals surface area contributed by atoms with E-state index in [0.717, 1.165) is 5.46 Å². The lowest BCUT2D eigenvalue weighted by atomic mass is 9.75. The van der Waals surface area contributed by atoms with Gasteiger partial charge in [0, 0.05) is 0 Å². The third kappa shape index (κ3) is 1.53. The normalized spacial score (nSPS) is 15.9. The second-order valence-electron chi connectivity index (χ2n) is 4.09. The fraction of sp³-hybridized carbons (Fsp3) is 0.231. The van der Waals surface area contributed by atoms with Crippen molar-refractivity contribution in [2.24, 2.45) is 0 Å². The molecule has 3 rings (SSSR count). The Morgan fingerprint density at radius 3 is 2.44 bits per heavy atom. The number of fused-ring (bicyclic) bond motifs is 1. The van der Waals surface area contributed by atoms with Crippen LogP contribution in [0.2, 0.25) is 0 Å². The van der Waals surface area contributed by atoms with Gasteiger partial charge in [-0.05, 0) is 28.7 Å². The van der Waals surface area contributed by atoms with Crippen molar-refractivity contribution in [3.05, 3.63) is 42.0 Å². The van der Waals surface area contributed by atoms with Gasteiger partial charge in [-0.1, -0.05) is 36.4 Å². The van der Waals surface area contributed by atoms with E-state index in [1.54, 1.807) is 0 Å². The molecule has 0 amide bonds. The number of hydrogen-bond donors (Lipinski definition) is 0. The average Bonchev–Trinajstić information content (AvgIpc) is 2.82. The van der Waals surface area contributed by atoms with Gasteiger partial charge in [0.1, 0.15) is 0 Å². The molecule has 2 aromatic carbocycles. The molecule has 0 N–H and O–H groups in total.